The molecule has 15 heavy (non-hydrogen) atoms. The van der Waals surface area contributed by atoms with Gasteiger partial charge in [0, 0.05) is 18.4 Å². The lowest BCUT2D eigenvalue weighted by Crippen LogP contribution is -2.05. The SMILES string of the molecule is CC(N)c1ccc(-n2cccn2)c(Cl)c1. The zero-order chi connectivity index (χ0) is 10.8. The quantitative estimate of drug-likeness (QED) is 0.847. The van der Waals surface area contributed by atoms with Gasteiger partial charge >= 0.3 is 0 Å². The summed E-state index contributed by atoms with van der Waals surface area (Å²) in [7, 11) is 0. The van der Waals surface area contributed by atoms with Crippen molar-refractivity contribution < 1.29 is 0 Å². The lowest BCUT2D eigenvalue weighted by Gasteiger charge is -2.09. The molecule has 2 rings (SSSR count). The van der Waals surface area contributed by atoms with E-state index in [0.717, 1.165) is 11.3 Å². The maximum absolute atomic E-state index is 6.15. The Bertz CT molecular complexity index is 449. The maximum Gasteiger partial charge on any atom is 0.0831 e. The van der Waals surface area contributed by atoms with Gasteiger partial charge in [-0.15, -0.1) is 0 Å². The van der Waals surface area contributed by atoms with E-state index in [0.29, 0.717) is 5.02 Å². The first-order chi connectivity index (χ1) is 7.18. The molecule has 0 saturated heterocycles. The molecule has 0 amide bonds. The average molecular weight is 222 g/mol. The molecule has 0 bridgehead atoms. The second-order valence-electron chi connectivity index (χ2n) is 3.45. The van der Waals surface area contributed by atoms with Crippen molar-refractivity contribution in [2.24, 2.45) is 5.73 Å². The van der Waals surface area contributed by atoms with Gasteiger partial charge in [-0.05, 0) is 30.7 Å². The van der Waals surface area contributed by atoms with Gasteiger partial charge in [0.25, 0.3) is 0 Å². The minimum absolute atomic E-state index is 0.00540. The van der Waals surface area contributed by atoms with Gasteiger partial charge in [-0.3, -0.25) is 0 Å². The fraction of sp³-hybridized carbons (Fsp3) is 0.182. The van der Waals surface area contributed by atoms with Crippen molar-refractivity contribution >= 4 is 11.6 Å². The van der Waals surface area contributed by atoms with Crippen molar-refractivity contribution in [3.05, 3.63) is 47.2 Å². The summed E-state index contributed by atoms with van der Waals surface area (Å²) in [5.74, 6) is 0. The molecule has 0 saturated carbocycles. The van der Waals surface area contributed by atoms with E-state index in [-0.39, 0.29) is 6.04 Å². The van der Waals surface area contributed by atoms with Crippen LogP contribution in [0.1, 0.15) is 18.5 Å². The first kappa shape index (κ1) is 10.2. The highest BCUT2D eigenvalue weighted by Crippen LogP contribution is 2.23. The Balaban J connectivity index is 2.44. The Morgan fingerprint density at radius 2 is 2.27 bits per heavy atom. The molecule has 0 aliphatic carbocycles. The lowest BCUT2D eigenvalue weighted by atomic mass is 10.1. The van der Waals surface area contributed by atoms with Gasteiger partial charge in [0.1, 0.15) is 0 Å². The molecule has 1 aromatic carbocycles. The molecule has 1 unspecified atom stereocenters. The highest BCUT2D eigenvalue weighted by molar-refractivity contribution is 6.32. The van der Waals surface area contributed by atoms with E-state index < -0.39 is 0 Å². The second kappa shape index (κ2) is 4.04. The van der Waals surface area contributed by atoms with Crippen LogP contribution in [0, 0.1) is 0 Å². The van der Waals surface area contributed by atoms with E-state index in [4.69, 9.17) is 17.3 Å². The molecular weight excluding hydrogens is 210 g/mol. The monoisotopic (exact) mass is 221 g/mol. The van der Waals surface area contributed by atoms with Gasteiger partial charge in [0.05, 0.1) is 10.7 Å². The first-order valence-electron chi connectivity index (χ1n) is 4.73. The maximum atomic E-state index is 6.15. The number of halogens is 1. The predicted molar refractivity (Wildman–Crippen MR) is 61.2 cm³/mol. The summed E-state index contributed by atoms with van der Waals surface area (Å²) in [6, 6.07) is 7.62. The molecule has 1 heterocycles. The van der Waals surface area contributed by atoms with Crippen LogP contribution in [0.15, 0.2) is 36.7 Å². The Kier molecular flexibility index (Phi) is 2.75. The molecule has 1 aromatic heterocycles. The number of nitrogens with two attached hydrogens (primary N) is 1. The molecule has 2 aromatic rings. The molecule has 0 aliphatic rings. The lowest BCUT2D eigenvalue weighted by molar-refractivity contribution is 0.814. The van der Waals surface area contributed by atoms with Crippen LogP contribution >= 0.6 is 11.6 Å². The number of hydrogen-bond donors (Lipinski definition) is 1. The molecule has 4 heteroatoms. The first-order valence-corrected chi connectivity index (χ1v) is 5.11. The summed E-state index contributed by atoms with van der Waals surface area (Å²) >= 11 is 6.15. The standard InChI is InChI=1S/C11H12ClN3/c1-8(13)9-3-4-11(10(12)7-9)15-6-2-5-14-15/h2-8H,13H2,1H3. The zero-order valence-electron chi connectivity index (χ0n) is 8.39. The summed E-state index contributed by atoms with van der Waals surface area (Å²) in [6.45, 7) is 1.93. The molecule has 3 nitrogen and oxygen atoms in total. The van der Waals surface area contributed by atoms with Crippen LogP contribution in [0.2, 0.25) is 5.02 Å². The van der Waals surface area contributed by atoms with E-state index >= 15 is 0 Å². The van der Waals surface area contributed by atoms with Crippen molar-refractivity contribution in [3.8, 4) is 5.69 Å². The van der Waals surface area contributed by atoms with Crippen molar-refractivity contribution in [2.75, 3.05) is 0 Å². The largest absolute Gasteiger partial charge is 0.324 e. The summed E-state index contributed by atoms with van der Waals surface area (Å²) in [5, 5.41) is 4.78. The number of rotatable bonds is 2. The third kappa shape index (κ3) is 2.03. The fourth-order valence-corrected chi connectivity index (χ4v) is 1.68. The van der Waals surface area contributed by atoms with Gasteiger partial charge in [0.15, 0.2) is 0 Å². The molecule has 78 valence electrons. The Labute approximate surface area is 93.5 Å². The summed E-state index contributed by atoms with van der Waals surface area (Å²) in [5.41, 5.74) is 7.66. The van der Waals surface area contributed by atoms with E-state index in [1.807, 2.05) is 37.4 Å². The van der Waals surface area contributed by atoms with E-state index in [1.165, 1.54) is 0 Å². The van der Waals surface area contributed by atoms with Gasteiger partial charge in [-0.1, -0.05) is 17.7 Å². The van der Waals surface area contributed by atoms with Crippen LogP contribution in [-0.4, -0.2) is 9.78 Å². The molecular formula is C11H12ClN3. The van der Waals surface area contributed by atoms with Crippen molar-refractivity contribution in [3.63, 3.8) is 0 Å². The highest BCUT2D eigenvalue weighted by Gasteiger charge is 2.06. The summed E-state index contributed by atoms with van der Waals surface area (Å²) in [6.07, 6.45) is 3.57. The zero-order valence-corrected chi connectivity index (χ0v) is 9.15. The average Bonchev–Trinajstić information content (AvgIpc) is 2.70. The Morgan fingerprint density at radius 1 is 1.47 bits per heavy atom. The molecule has 0 spiro atoms. The van der Waals surface area contributed by atoms with Crippen molar-refractivity contribution in [1.82, 2.24) is 9.78 Å². The van der Waals surface area contributed by atoms with Crippen LogP contribution in [0.4, 0.5) is 0 Å². The predicted octanol–water partition coefficient (Wildman–Crippen LogP) is 2.55. The number of benzene rings is 1. The van der Waals surface area contributed by atoms with Crippen LogP contribution in [-0.2, 0) is 0 Å². The van der Waals surface area contributed by atoms with Gasteiger partial charge in [0.2, 0.25) is 0 Å². The molecule has 2 N–H and O–H groups in total. The third-order valence-electron chi connectivity index (χ3n) is 2.25. The van der Waals surface area contributed by atoms with Crippen LogP contribution in [0.3, 0.4) is 0 Å². The Hall–Kier alpha value is -1.32. The van der Waals surface area contributed by atoms with Gasteiger partial charge in [-0.2, -0.15) is 5.10 Å². The number of hydrogen-bond acceptors (Lipinski definition) is 2. The molecule has 1 atom stereocenters. The number of aromatic nitrogens is 2. The smallest absolute Gasteiger partial charge is 0.0831 e. The molecule has 0 radical (unpaired) electrons. The molecule has 0 aliphatic heterocycles. The third-order valence-corrected chi connectivity index (χ3v) is 2.55. The van der Waals surface area contributed by atoms with Gasteiger partial charge < -0.3 is 5.73 Å². The summed E-state index contributed by atoms with van der Waals surface area (Å²) < 4.78 is 1.73. The second-order valence-corrected chi connectivity index (χ2v) is 3.86. The normalized spacial score (nSPS) is 12.7. The topological polar surface area (TPSA) is 43.8 Å². The van der Waals surface area contributed by atoms with Gasteiger partial charge in [-0.25, -0.2) is 4.68 Å². The van der Waals surface area contributed by atoms with E-state index in [2.05, 4.69) is 5.10 Å². The van der Waals surface area contributed by atoms with Crippen LogP contribution in [0.25, 0.3) is 5.69 Å². The Morgan fingerprint density at radius 3 is 2.80 bits per heavy atom. The molecule has 0 fully saturated rings. The summed E-state index contributed by atoms with van der Waals surface area (Å²) in [4.78, 5) is 0. The van der Waals surface area contributed by atoms with Crippen LogP contribution in [0.5, 0.6) is 0 Å². The number of nitrogens with zero attached hydrogens (tertiary/aromatic N) is 2. The minimum atomic E-state index is -0.00540. The van der Waals surface area contributed by atoms with Crippen LogP contribution < -0.4 is 5.73 Å². The van der Waals surface area contributed by atoms with E-state index in [9.17, 15) is 0 Å². The minimum Gasteiger partial charge on any atom is -0.324 e. The van der Waals surface area contributed by atoms with E-state index in [1.54, 1.807) is 10.9 Å². The van der Waals surface area contributed by atoms with Crippen molar-refractivity contribution in [1.29, 1.82) is 0 Å². The highest BCUT2D eigenvalue weighted by atomic mass is 35.5. The van der Waals surface area contributed by atoms with Crippen molar-refractivity contribution in [2.45, 2.75) is 13.0 Å². The fourth-order valence-electron chi connectivity index (χ4n) is 1.40.